The lowest BCUT2D eigenvalue weighted by atomic mass is 9.83. The van der Waals surface area contributed by atoms with Crippen LogP contribution < -0.4 is 10.6 Å². The zero-order chi connectivity index (χ0) is 8.55. The van der Waals surface area contributed by atoms with Gasteiger partial charge in [-0.3, -0.25) is 0 Å². The number of alkyl halides is 1. The van der Waals surface area contributed by atoms with Gasteiger partial charge in [0.2, 0.25) is 0 Å². The van der Waals surface area contributed by atoms with Gasteiger partial charge in [-0.1, -0.05) is 24.4 Å². The van der Waals surface area contributed by atoms with Crippen molar-refractivity contribution < 1.29 is 4.79 Å². The highest BCUT2D eigenvalue weighted by Crippen LogP contribution is 2.30. The number of hydrogen-bond donors (Lipinski definition) is 2. The molecular formula is C8H13ClN2O. The molecule has 0 radical (unpaired) electrons. The summed E-state index contributed by atoms with van der Waals surface area (Å²) in [6, 6.07) is 0.202. The van der Waals surface area contributed by atoms with Crippen LogP contribution in [0.2, 0.25) is 0 Å². The van der Waals surface area contributed by atoms with Crippen LogP contribution in [0.1, 0.15) is 25.7 Å². The molecule has 2 aliphatic rings. The second-order valence-corrected chi connectivity index (χ2v) is 4.04. The Morgan fingerprint density at radius 1 is 1.25 bits per heavy atom. The molecule has 2 rings (SSSR count). The summed E-state index contributed by atoms with van der Waals surface area (Å²) in [6.07, 6.45) is 4.67. The molecule has 0 spiro atoms. The van der Waals surface area contributed by atoms with E-state index in [1.54, 1.807) is 0 Å². The summed E-state index contributed by atoms with van der Waals surface area (Å²) < 4.78 is 0. The molecule has 1 aliphatic heterocycles. The highest BCUT2D eigenvalue weighted by atomic mass is 35.5. The van der Waals surface area contributed by atoms with Gasteiger partial charge in [-0.05, 0) is 12.8 Å². The van der Waals surface area contributed by atoms with Gasteiger partial charge >= 0.3 is 6.03 Å². The van der Waals surface area contributed by atoms with Crippen molar-refractivity contribution in [2.45, 2.75) is 37.2 Å². The molecule has 1 aliphatic carbocycles. The van der Waals surface area contributed by atoms with Crippen molar-refractivity contribution in [1.82, 2.24) is 10.6 Å². The second kappa shape index (κ2) is 3.13. The van der Waals surface area contributed by atoms with Gasteiger partial charge in [0, 0.05) is 12.0 Å². The minimum Gasteiger partial charge on any atom is -0.335 e. The summed E-state index contributed by atoms with van der Waals surface area (Å²) in [5, 5.41) is 5.61. The number of urea groups is 1. The Bertz CT molecular complexity index is 197. The van der Waals surface area contributed by atoms with Crippen molar-refractivity contribution in [3.8, 4) is 0 Å². The van der Waals surface area contributed by atoms with Crippen LogP contribution in [0.25, 0.3) is 0 Å². The molecular weight excluding hydrogens is 176 g/mol. The summed E-state index contributed by atoms with van der Waals surface area (Å²) in [4.78, 5) is 11.0. The number of halogens is 1. The maximum absolute atomic E-state index is 11.0. The van der Waals surface area contributed by atoms with Crippen molar-refractivity contribution in [2.75, 3.05) is 0 Å². The van der Waals surface area contributed by atoms with E-state index < -0.39 is 0 Å². The van der Waals surface area contributed by atoms with E-state index in [1.165, 1.54) is 12.8 Å². The second-order valence-electron chi connectivity index (χ2n) is 3.57. The summed E-state index contributed by atoms with van der Waals surface area (Å²) >= 11 is 6.01. The fourth-order valence-corrected chi connectivity index (χ4v) is 2.53. The standard InChI is InChI=1S/C8H13ClN2O/c9-7-5-3-1-2-4-6(5)10-8(12)11-7/h5-7H,1-4H2,(H2,10,11,12). The molecule has 0 aromatic heterocycles. The van der Waals surface area contributed by atoms with Crippen LogP contribution >= 0.6 is 11.6 Å². The smallest absolute Gasteiger partial charge is 0.316 e. The van der Waals surface area contributed by atoms with Gasteiger partial charge in [0.25, 0.3) is 0 Å². The molecule has 3 unspecified atom stereocenters. The summed E-state index contributed by atoms with van der Waals surface area (Å²) in [5.74, 6) is 0.429. The lowest BCUT2D eigenvalue weighted by Crippen LogP contribution is -2.59. The topological polar surface area (TPSA) is 41.1 Å². The Morgan fingerprint density at radius 2 is 2.00 bits per heavy atom. The van der Waals surface area contributed by atoms with Crippen LogP contribution in [0.15, 0.2) is 0 Å². The fourth-order valence-electron chi connectivity index (χ4n) is 2.13. The van der Waals surface area contributed by atoms with E-state index >= 15 is 0 Å². The van der Waals surface area contributed by atoms with Crippen LogP contribution in [0.3, 0.4) is 0 Å². The number of rotatable bonds is 0. The molecule has 3 atom stereocenters. The number of carbonyl (C=O) groups is 1. The number of carbonyl (C=O) groups excluding carboxylic acids is 1. The molecule has 1 heterocycles. The molecule has 2 amide bonds. The molecule has 68 valence electrons. The summed E-state index contributed by atoms with van der Waals surface area (Å²) in [5.41, 5.74) is -0.163. The van der Waals surface area contributed by atoms with E-state index in [4.69, 9.17) is 11.6 Å². The minimum atomic E-state index is -0.163. The van der Waals surface area contributed by atoms with Crippen LogP contribution in [-0.2, 0) is 0 Å². The van der Waals surface area contributed by atoms with Crippen LogP contribution in [0.4, 0.5) is 4.79 Å². The predicted molar refractivity (Wildman–Crippen MR) is 47.1 cm³/mol. The Balaban J connectivity index is 2.06. The molecule has 1 saturated heterocycles. The average molecular weight is 189 g/mol. The molecule has 0 aromatic rings. The van der Waals surface area contributed by atoms with Crippen LogP contribution in [-0.4, -0.2) is 17.6 Å². The number of nitrogens with one attached hydrogen (secondary N) is 2. The highest BCUT2D eigenvalue weighted by molar-refractivity contribution is 6.21. The molecule has 2 fully saturated rings. The Hall–Kier alpha value is -0.440. The Morgan fingerprint density at radius 3 is 2.83 bits per heavy atom. The summed E-state index contributed by atoms with van der Waals surface area (Å²) in [6.45, 7) is 0. The lowest BCUT2D eigenvalue weighted by molar-refractivity contribution is 0.184. The molecule has 2 N–H and O–H groups in total. The van der Waals surface area contributed by atoms with Gasteiger partial charge in [0.05, 0.1) is 0 Å². The van der Waals surface area contributed by atoms with Gasteiger partial charge in [-0.2, -0.15) is 0 Å². The fraction of sp³-hybridized carbons (Fsp3) is 0.875. The van der Waals surface area contributed by atoms with Gasteiger partial charge in [-0.25, -0.2) is 4.79 Å². The molecule has 0 aromatic carbocycles. The maximum atomic E-state index is 11.0. The van der Waals surface area contributed by atoms with Crippen molar-refractivity contribution in [1.29, 1.82) is 0 Å². The molecule has 12 heavy (non-hydrogen) atoms. The number of hydrogen-bond acceptors (Lipinski definition) is 1. The molecule has 3 nitrogen and oxygen atoms in total. The zero-order valence-corrected chi connectivity index (χ0v) is 7.60. The van der Waals surface area contributed by atoms with Crippen molar-refractivity contribution in [2.24, 2.45) is 5.92 Å². The first-order valence-electron chi connectivity index (χ1n) is 4.48. The highest BCUT2D eigenvalue weighted by Gasteiger charge is 2.36. The van der Waals surface area contributed by atoms with Crippen molar-refractivity contribution in [3.05, 3.63) is 0 Å². The van der Waals surface area contributed by atoms with Gasteiger partial charge in [0.1, 0.15) is 5.50 Å². The molecule has 1 saturated carbocycles. The van der Waals surface area contributed by atoms with Gasteiger partial charge in [0.15, 0.2) is 0 Å². The van der Waals surface area contributed by atoms with Crippen LogP contribution in [0.5, 0.6) is 0 Å². The average Bonchev–Trinajstić information content (AvgIpc) is 2.04. The third kappa shape index (κ3) is 1.38. The predicted octanol–water partition coefficient (Wildman–Crippen LogP) is 1.42. The van der Waals surface area contributed by atoms with Gasteiger partial charge in [-0.15, -0.1) is 0 Å². The normalized spacial score (nSPS) is 41.1. The first-order valence-corrected chi connectivity index (χ1v) is 4.92. The Kier molecular flexibility index (Phi) is 2.13. The lowest BCUT2D eigenvalue weighted by Gasteiger charge is -2.39. The van der Waals surface area contributed by atoms with E-state index in [0.717, 1.165) is 12.8 Å². The van der Waals surface area contributed by atoms with E-state index in [-0.39, 0.29) is 11.5 Å². The van der Waals surface area contributed by atoms with E-state index in [1.807, 2.05) is 0 Å². The number of amides is 2. The van der Waals surface area contributed by atoms with Crippen LogP contribution in [0, 0.1) is 5.92 Å². The van der Waals surface area contributed by atoms with Gasteiger partial charge < -0.3 is 10.6 Å². The number of fused-ring (bicyclic) bond motifs is 1. The van der Waals surface area contributed by atoms with Crippen molar-refractivity contribution in [3.63, 3.8) is 0 Å². The largest absolute Gasteiger partial charge is 0.335 e. The Labute approximate surface area is 76.8 Å². The zero-order valence-electron chi connectivity index (χ0n) is 6.85. The maximum Gasteiger partial charge on any atom is 0.316 e. The SMILES string of the molecule is O=C1NC(Cl)C2CCCCC2N1. The third-order valence-electron chi connectivity index (χ3n) is 2.78. The quantitative estimate of drug-likeness (QED) is 0.438. The minimum absolute atomic E-state index is 0.113. The van der Waals surface area contributed by atoms with E-state index in [0.29, 0.717) is 12.0 Å². The van der Waals surface area contributed by atoms with E-state index in [2.05, 4.69) is 10.6 Å². The molecule has 0 bridgehead atoms. The third-order valence-corrected chi connectivity index (χ3v) is 3.21. The monoisotopic (exact) mass is 188 g/mol. The molecule has 4 heteroatoms. The van der Waals surface area contributed by atoms with Crippen molar-refractivity contribution >= 4 is 17.6 Å². The first-order chi connectivity index (χ1) is 5.77. The summed E-state index contributed by atoms with van der Waals surface area (Å²) in [7, 11) is 0. The first kappa shape index (κ1) is 8.17. The van der Waals surface area contributed by atoms with E-state index in [9.17, 15) is 4.79 Å².